The van der Waals surface area contributed by atoms with Crippen molar-refractivity contribution in [3.05, 3.63) is 65.7 Å². The lowest BCUT2D eigenvalue weighted by molar-refractivity contribution is 0.194. The normalized spacial score (nSPS) is 14.5. The van der Waals surface area contributed by atoms with Crippen LogP contribution in [0.3, 0.4) is 0 Å². The predicted molar refractivity (Wildman–Crippen MR) is 98.5 cm³/mol. The van der Waals surface area contributed by atoms with Gasteiger partial charge in [-0.15, -0.1) is 0 Å². The smallest absolute Gasteiger partial charge is 0.317 e. The third kappa shape index (κ3) is 4.07. The molecule has 4 nitrogen and oxygen atoms in total. The first kappa shape index (κ1) is 16.4. The van der Waals surface area contributed by atoms with Crippen LogP contribution < -0.4 is 10.2 Å². The van der Waals surface area contributed by atoms with Gasteiger partial charge >= 0.3 is 6.03 Å². The van der Waals surface area contributed by atoms with Crippen molar-refractivity contribution in [1.82, 2.24) is 10.2 Å². The van der Waals surface area contributed by atoms with E-state index in [-0.39, 0.29) is 6.03 Å². The van der Waals surface area contributed by atoms with Crippen molar-refractivity contribution >= 4 is 11.7 Å². The lowest BCUT2D eigenvalue weighted by Gasteiger charge is -2.36. The number of amides is 2. The van der Waals surface area contributed by atoms with Gasteiger partial charge in [-0.05, 0) is 36.6 Å². The summed E-state index contributed by atoms with van der Waals surface area (Å²) in [5.74, 6) is 0. The van der Waals surface area contributed by atoms with Gasteiger partial charge in [0.25, 0.3) is 0 Å². The molecule has 0 spiro atoms. The summed E-state index contributed by atoms with van der Waals surface area (Å²) >= 11 is 0. The van der Waals surface area contributed by atoms with E-state index in [1.54, 1.807) is 0 Å². The molecule has 0 bridgehead atoms. The molecule has 1 heterocycles. The highest BCUT2D eigenvalue weighted by Gasteiger charge is 2.20. The summed E-state index contributed by atoms with van der Waals surface area (Å²) in [5.41, 5.74) is 3.81. The summed E-state index contributed by atoms with van der Waals surface area (Å²) in [6.45, 7) is 6.10. The molecule has 1 aliphatic rings. The van der Waals surface area contributed by atoms with Crippen LogP contribution in [0.4, 0.5) is 10.5 Å². The lowest BCUT2D eigenvalue weighted by atomic mass is 10.1. The number of carbonyl (C=O) groups excluding carboxylic acids is 1. The second kappa shape index (κ2) is 7.86. The average molecular weight is 323 g/mol. The topological polar surface area (TPSA) is 35.6 Å². The number of piperazine rings is 1. The highest BCUT2D eigenvalue weighted by Crippen LogP contribution is 2.15. The van der Waals surface area contributed by atoms with Crippen LogP contribution in [0.15, 0.2) is 54.6 Å². The summed E-state index contributed by atoms with van der Waals surface area (Å²) in [6, 6.07) is 18.8. The monoisotopic (exact) mass is 323 g/mol. The van der Waals surface area contributed by atoms with Gasteiger partial charge in [-0.3, -0.25) is 0 Å². The number of hydrogen-bond acceptors (Lipinski definition) is 2. The Morgan fingerprint density at radius 1 is 0.958 bits per heavy atom. The van der Waals surface area contributed by atoms with E-state index in [0.29, 0.717) is 6.54 Å². The van der Waals surface area contributed by atoms with Crippen molar-refractivity contribution in [2.45, 2.75) is 13.3 Å². The second-order valence-electron chi connectivity index (χ2n) is 6.22. The van der Waals surface area contributed by atoms with E-state index in [9.17, 15) is 4.79 Å². The maximum Gasteiger partial charge on any atom is 0.317 e. The number of aryl methyl sites for hydroxylation is 1. The van der Waals surface area contributed by atoms with Crippen molar-refractivity contribution in [3.8, 4) is 0 Å². The fourth-order valence-corrected chi connectivity index (χ4v) is 3.11. The molecule has 0 saturated carbocycles. The van der Waals surface area contributed by atoms with E-state index in [4.69, 9.17) is 0 Å². The molecule has 0 aliphatic carbocycles. The SMILES string of the molecule is Cc1ccccc1CCNC(=O)N1CCN(c2ccccc2)CC1. The Kier molecular flexibility index (Phi) is 5.36. The maximum absolute atomic E-state index is 12.3. The molecule has 0 radical (unpaired) electrons. The number of nitrogens with one attached hydrogen (secondary N) is 1. The van der Waals surface area contributed by atoms with E-state index in [2.05, 4.69) is 53.5 Å². The van der Waals surface area contributed by atoms with Crippen LogP contribution in [0.1, 0.15) is 11.1 Å². The predicted octanol–water partition coefficient (Wildman–Crippen LogP) is 3.07. The number of carbonyl (C=O) groups is 1. The molecule has 126 valence electrons. The zero-order valence-electron chi connectivity index (χ0n) is 14.2. The summed E-state index contributed by atoms with van der Waals surface area (Å²) in [4.78, 5) is 16.6. The number of rotatable bonds is 4. The molecule has 0 unspecified atom stereocenters. The Labute approximate surface area is 144 Å². The molecule has 2 aromatic carbocycles. The van der Waals surface area contributed by atoms with Crippen molar-refractivity contribution in [1.29, 1.82) is 0 Å². The third-order valence-electron chi connectivity index (χ3n) is 4.62. The molecule has 0 atom stereocenters. The van der Waals surface area contributed by atoms with Crippen LogP contribution >= 0.6 is 0 Å². The third-order valence-corrected chi connectivity index (χ3v) is 4.62. The van der Waals surface area contributed by atoms with Crippen molar-refractivity contribution in [2.75, 3.05) is 37.6 Å². The first-order valence-corrected chi connectivity index (χ1v) is 8.61. The molecule has 2 aromatic rings. The number of nitrogens with zero attached hydrogens (tertiary/aromatic N) is 2. The highest BCUT2D eigenvalue weighted by molar-refractivity contribution is 5.74. The van der Waals surface area contributed by atoms with Gasteiger partial charge in [-0.2, -0.15) is 0 Å². The minimum Gasteiger partial charge on any atom is -0.368 e. The second-order valence-corrected chi connectivity index (χ2v) is 6.22. The van der Waals surface area contributed by atoms with Crippen LogP contribution in [0, 0.1) is 6.92 Å². The molecule has 1 aliphatic heterocycles. The highest BCUT2D eigenvalue weighted by atomic mass is 16.2. The zero-order valence-corrected chi connectivity index (χ0v) is 14.2. The summed E-state index contributed by atoms with van der Waals surface area (Å²) in [7, 11) is 0. The van der Waals surface area contributed by atoms with Gasteiger partial charge in [-0.1, -0.05) is 42.5 Å². The van der Waals surface area contributed by atoms with Crippen LogP contribution in [0.2, 0.25) is 0 Å². The van der Waals surface area contributed by atoms with Crippen LogP contribution in [-0.2, 0) is 6.42 Å². The standard InChI is InChI=1S/C20H25N3O/c1-17-7-5-6-8-18(17)11-12-21-20(24)23-15-13-22(14-16-23)19-9-3-2-4-10-19/h2-10H,11-16H2,1H3,(H,21,24). The van der Waals surface area contributed by atoms with Crippen molar-refractivity contribution < 1.29 is 4.79 Å². The molecule has 24 heavy (non-hydrogen) atoms. The van der Waals surface area contributed by atoms with Crippen LogP contribution in [0.25, 0.3) is 0 Å². The van der Waals surface area contributed by atoms with Gasteiger partial charge in [0, 0.05) is 38.4 Å². The molecule has 1 N–H and O–H groups in total. The Balaban J connectivity index is 1.43. The van der Waals surface area contributed by atoms with Gasteiger partial charge in [0.2, 0.25) is 0 Å². The Hall–Kier alpha value is -2.49. The Morgan fingerprint density at radius 3 is 2.33 bits per heavy atom. The van der Waals surface area contributed by atoms with Gasteiger partial charge in [0.05, 0.1) is 0 Å². The first-order chi connectivity index (χ1) is 11.7. The number of hydrogen-bond donors (Lipinski definition) is 1. The molecule has 0 aromatic heterocycles. The minimum absolute atomic E-state index is 0.0521. The van der Waals surface area contributed by atoms with E-state index < -0.39 is 0 Å². The molecule has 1 fully saturated rings. The maximum atomic E-state index is 12.3. The Bertz CT molecular complexity index is 664. The summed E-state index contributed by atoms with van der Waals surface area (Å²) in [6.07, 6.45) is 0.877. The first-order valence-electron chi connectivity index (χ1n) is 8.61. The van der Waals surface area contributed by atoms with Crippen LogP contribution in [-0.4, -0.2) is 43.7 Å². The number of para-hydroxylation sites is 1. The van der Waals surface area contributed by atoms with E-state index in [1.807, 2.05) is 23.1 Å². The van der Waals surface area contributed by atoms with E-state index in [1.165, 1.54) is 16.8 Å². The fourth-order valence-electron chi connectivity index (χ4n) is 3.11. The molecule has 4 heteroatoms. The summed E-state index contributed by atoms with van der Waals surface area (Å²) < 4.78 is 0. The molecular weight excluding hydrogens is 298 g/mol. The van der Waals surface area contributed by atoms with Gasteiger partial charge in [-0.25, -0.2) is 4.79 Å². The average Bonchev–Trinajstić information content (AvgIpc) is 2.64. The molecular formula is C20H25N3O. The van der Waals surface area contributed by atoms with Gasteiger partial charge < -0.3 is 15.1 Å². The largest absolute Gasteiger partial charge is 0.368 e. The van der Waals surface area contributed by atoms with Crippen molar-refractivity contribution in [3.63, 3.8) is 0 Å². The van der Waals surface area contributed by atoms with E-state index >= 15 is 0 Å². The quantitative estimate of drug-likeness (QED) is 0.938. The van der Waals surface area contributed by atoms with Gasteiger partial charge in [0.1, 0.15) is 0 Å². The Morgan fingerprint density at radius 2 is 1.62 bits per heavy atom. The van der Waals surface area contributed by atoms with Crippen LogP contribution in [0.5, 0.6) is 0 Å². The number of urea groups is 1. The zero-order chi connectivity index (χ0) is 16.8. The summed E-state index contributed by atoms with van der Waals surface area (Å²) in [5, 5.41) is 3.05. The number of benzene rings is 2. The minimum atomic E-state index is 0.0521. The molecule has 1 saturated heterocycles. The number of anilines is 1. The lowest BCUT2D eigenvalue weighted by Crippen LogP contribution is -2.52. The molecule has 3 rings (SSSR count). The van der Waals surface area contributed by atoms with E-state index in [0.717, 1.165) is 32.6 Å². The van der Waals surface area contributed by atoms with Gasteiger partial charge in [0.15, 0.2) is 0 Å². The van der Waals surface area contributed by atoms with Crippen molar-refractivity contribution in [2.24, 2.45) is 0 Å². The fraction of sp³-hybridized carbons (Fsp3) is 0.350. The molecule has 2 amide bonds.